The van der Waals surface area contributed by atoms with Gasteiger partial charge in [-0.2, -0.15) is 18.3 Å². The number of urea groups is 1. The van der Waals surface area contributed by atoms with Crippen molar-refractivity contribution in [2.75, 3.05) is 31.5 Å². The Morgan fingerprint density at radius 2 is 1.79 bits per heavy atom. The molecule has 18 heteroatoms. The molecule has 1 aromatic carbocycles. The first kappa shape index (κ1) is 32.0. The highest BCUT2D eigenvalue weighted by Crippen LogP contribution is 2.53. The van der Waals surface area contributed by atoms with Crippen LogP contribution >= 0.6 is 0 Å². The van der Waals surface area contributed by atoms with Crippen LogP contribution in [0.2, 0.25) is 0 Å². The van der Waals surface area contributed by atoms with E-state index < -0.39 is 47.8 Å². The number of likely N-dealkylation sites (tertiary alicyclic amines) is 1. The SMILES string of the molecule is Cc1cc(NC(=O)c2ncc(-c3cn(C4CC4(F)F)nc3C(F)(F)F)n2C)ccc1C(=O)N[C@H]1[C@@H]2CN(C(=O)NC3CNC[C@@H]3O)C[C@@H]21. The van der Waals surface area contributed by atoms with E-state index in [1.54, 1.807) is 24.0 Å². The van der Waals surface area contributed by atoms with Gasteiger partial charge in [0.2, 0.25) is 0 Å². The van der Waals surface area contributed by atoms with Crippen molar-refractivity contribution < 1.29 is 41.4 Å². The van der Waals surface area contributed by atoms with Crippen LogP contribution in [0.1, 0.15) is 44.7 Å². The van der Waals surface area contributed by atoms with Crippen LogP contribution in [0.4, 0.5) is 32.4 Å². The molecule has 6 atom stereocenters. The topological polar surface area (TPSA) is 158 Å². The number of aliphatic hydroxyl groups excluding tert-OH is 1. The molecule has 0 radical (unpaired) electrons. The summed E-state index contributed by atoms with van der Waals surface area (Å²) >= 11 is 0. The molecule has 48 heavy (non-hydrogen) atoms. The second-order valence-corrected chi connectivity index (χ2v) is 12.9. The van der Waals surface area contributed by atoms with Crippen molar-refractivity contribution in [1.29, 1.82) is 0 Å². The van der Waals surface area contributed by atoms with Gasteiger partial charge < -0.3 is 35.8 Å². The Hall–Kier alpha value is -4.58. The van der Waals surface area contributed by atoms with Crippen molar-refractivity contribution in [2.45, 2.75) is 49.7 Å². The third kappa shape index (κ3) is 5.76. The number of nitrogens with one attached hydrogen (secondary N) is 4. The van der Waals surface area contributed by atoms with Gasteiger partial charge in [0.05, 0.1) is 29.6 Å². The fraction of sp³-hybridized carbons (Fsp3) is 0.500. The quantitative estimate of drug-likeness (QED) is 0.240. The van der Waals surface area contributed by atoms with E-state index in [2.05, 4.69) is 31.3 Å². The molecule has 0 bridgehead atoms. The monoisotopic (exact) mass is 677 g/mol. The molecule has 2 saturated heterocycles. The molecule has 4 heterocycles. The Morgan fingerprint density at radius 3 is 2.40 bits per heavy atom. The van der Waals surface area contributed by atoms with Crippen LogP contribution in [0.3, 0.4) is 0 Å². The standard InChI is InChI=1S/C30H32F5N9O4/c1-13-5-14(3-4-15(13)26(46)40-23-16-10-43(11-17(16)23)28(48)39-19-7-36-9-21(19)45)38-27(47)25-37-8-20(42(25)2)18-12-44(22-6-29(22,31)32)41-24(18)30(33,34)35/h3-5,8,12,16-17,19,21-23,36,45H,6-7,9-11H2,1-2H3,(H,38,47)(H,39,48)(H,40,46)/t16-,17+,19?,21-,22?,23+/m0/s1. The van der Waals surface area contributed by atoms with Gasteiger partial charge in [0.25, 0.3) is 17.7 Å². The molecule has 4 amide bonds. The summed E-state index contributed by atoms with van der Waals surface area (Å²) in [7, 11) is 1.33. The molecule has 7 rings (SSSR count). The number of benzene rings is 1. The third-order valence-electron chi connectivity index (χ3n) is 9.58. The summed E-state index contributed by atoms with van der Waals surface area (Å²) in [4.78, 5) is 44.4. The average Bonchev–Trinajstić information content (AvgIpc) is 3.46. The number of piperidine rings is 1. The number of aryl methyl sites for hydroxylation is 1. The molecule has 5 N–H and O–H groups in total. The molecule has 2 aromatic heterocycles. The number of β-amino-alcohol motifs (C(OH)–C–C–N with tert-alkyl or cyclic N) is 1. The second kappa shape index (κ2) is 11.3. The first-order chi connectivity index (χ1) is 22.6. The van der Waals surface area contributed by atoms with E-state index in [-0.39, 0.29) is 47.4 Å². The Bertz CT molecular complexity index is 1790. The molecule has 3 aromatic rings. The summed E-state index contributed by atoms with van der Waals surface area (Å²) in [6, 6.07) is 2.50. The van der Waals surface area contributed by atoms with E-state index in [1.165, 1.54) is 13.1 Å². The van der Waals surface area contributed by atoms with Gasteiger partial charge in [-0.1, -0.05) is 0 Å². The summed E-state index contributed by atoms with van der Waals surface area (Å²) in [5.41, 5.74) is -0.730. The van der Waals surface area contributed by atoms with Crippen LogP contribution in [-0.2, 0) is 13.2 Å². The maximum absolute atomic E-state index is 13.8. The van der Waals surface area contributed by atoms with E-state index in [0.29, 0.717) is 47.7 Å². The number of hydrogen-bond donors (Lipinski definition) is 5. The Morgan fingerprint density at radius 1 is 1.08 bits per heavy atom. The van der Waals surface area contributed by atoms with Gasteiger partial charge in [0.1, 0.15) is 6.04 Å². The van der Waals surface area contributed by atoms with E-state index >= 15 is 0 Å². The maximum atomic E-state index is 13.8. The predicted molar refractivity (Wildman–Crippen MR) is 158 cm³/mol. The number of rotatable bonds is 7. The van der Waals surface area contributed by atoms with Crippen molar-refractivity contribution in [3.8, 4) is 11.3 Å². The number of aliphatic hydroxyl groups is 1. The zero-order valence-electron chi connectivity index (χ0n) is 25.7. The number of anilines is 1. The smallest absolute Gasteiger partial charge is 0.390 e. The minimum absolute atomic E-state index is 0.0811. The molecule has 13 nitrogen and oxygen atoms in total. The normalized spacial score (nSPS) is 27.0. The van der Waals surface area contributed by atoms with Crippen molar-refractivity contribution in [3.05, 3.63) is 53.2 Å². The lowest BCUT2D eigenvalue weighted by Gasteiger charge is -2.24. The summed E-state index contributed by atoms with van der Waals surface area (Å²) < 4.78 is 70.1. The molecule has 4 fully saturated rings. The Balaban J connectivity index is 0.967. The molecule has 256 valence electrons. The van der Waals surface area contributed by atoms with Crippen LogP contribution in [0, 0.1) is 18.8 Å². The molecule has 2 unspecified atom stereocenters. The fourth-order valence-electron chi connectivity index (χ4n) is 6.69. The van der Waals surface area contributed by atoms with Crippen LogP contribution in [0.15, 0.2) is 30.6 Å². The molecular formula is C30H32F5N9O4. The van der Waals surface area contributed by atoms with Crippen LogP contribution < -0.4 is 21.3 Å². The van der Waals surface area contributed by atoms with Crippen molar-refractivity contribution in [1.82, 2.24) is 40.2 Å². The number of imidazole rings is 1. The predicted octanol–water partition coefficient (Wildman–Crippen LogP) is 2.15. The summed E-state index contributed by atoms with van der Waals surface area (Å²) in [6.45, 7) is 3.61. The number of alkyl halides is 5. The molecule has 2 aliphatic heterocycles. The van der Waals surface area contributed by atoms with Crippen molar-refractivity contribution in [3.63, 3.8) is 0 Å². The van der Waals surface area contributed by atoms with E-state index in [1.807, 2.05) is 0 Å². The Labute approximate surface area is 269 Å². The van der Waals surface area contributed by atoms with Crippen molar-refractivity contribution in [2.24, 2.45) is 18.9 Å². The zero-order chi connectivity index (χ0) is 34.3. The van der Waals surface area contributed by atoms with Gasteiger partial charge in [-0.25, -0.2) is 18.6 Å². The van der Waals surface area contributed by atoms with Crippen LogP contribution in [-0.4, -0.2) is 97.5 Å². The summed E-state index contributed by atoms with van der Waals surface area (Å²) in [5.74, 6) is -4.17. The minimum Gasteiger partial charge on any atom is -0.390 e. The van der Waals surface area contributed by atoms with E-state index in [4.69, 9.17) is 0 Å². The number of nitrogens with zero attached hydrogens (tertiary/aromatic N) is 5. The maximum Gasteiger partial charge on any atom is 0.435 e. The average molecular weight is 678 g/mol. The highest BCUT2D eigenvalue weighted by Gasteiger charge is 2.60. The largest absolute Gasteiger partial charge is 0.435 e. The summed E-state index contributed by atoms with van der Waals surface area (Å²) in [6.07, 6.45) is -4.24. The van der Waals surface area contributed by atoms with Gasteiger partial charge >= 0.3 is 12.2 Å². The number of hydrogen-bond acceptors (Lipinski definition) is 7. The van der Waals surface area contributed by atoms with Gasteiger partial charge in [0.15, 0.2) is 11.5 Å². The van der Waals surface area contributed by atoms with E-state index in [9.17, 15) is 41.4 Å². The summed E-state index contributed by atoms with van der Waals surface area (Å²) in [5, 5.41) is 24.8. The third-order valence-corrected chi connectivity index (χ3v) is 9.58. The Kier molecular flexibility index (Phi) is 7.50. The number of aromatic nitrogens is 4. The first-order valence-electron chi connectivity index (χ1n) is 15.4. The van der Waals surface area contributed by atoms with E-state index in [0.717, 1.165) is 17.0 Å². The number of amides is 4. The molecule has 0 spiro atoms. The molecule has 4 aliphatic rings. The lowest BCUT2D eigenvalue weighted by Crippen LogP contribution is -2.49. The molecular weight excluding hydrogens is 645 g/mol. The number of fused-ring (bicyclic) bond motifs is 1. The lowest BCUT2D eigenvalue weighted by atomic mass is 10.1. The lowest BCUT2D eigenvalue weighted by molar-refractivity contribution is -0.141. The number of carbonyl (C=O) groups is 3. The van der Waals surface area contributed by atoms with Gasteiger partial charge in [0, 0.05) is 75.0 Å². The van der Waals surface area contributed by atoms with Gasteiger partial charge in [-0.15, -0.1) is 0 Å². The van der Waals surface area contributed by atoms with Gasteiger partial charge in [-0.05, 0) is 30.7 Å². The number of halogens is 5. The minimum atomic E-state index is -4.93. The molecule has 2 aliphatic carbocycles. The van der Waals surface area contributed by atoms with Gasteiger partial charge in [-0.3, -0.25) is 14.3 Å². The fourth-order valence-corrected chi connectivity index (χ4v) is 6.69. The first-order valence-corrected chi connectivity index (χ1v) is 15.4. The van der Waals surface area contributed by atoms with Crippen LogP contribution in [0.25, 0.3) is 11.3 Å². The zero-order valence-corrected chi connectivity index (χ0v) is 25.7. The van der Waals surface area contributed by atoms with Crippen LogP contribution in [0.5, 0.6) is 0 Å². The van der Waals surface area contributed by atoms with Crippen molar-refractivity contribution >= 4 is 23.5 Å². The number of carbonyl (C=O) groups excluding carboxylic acids is 3. The highest BCUT2D eigenvalue weighted by atomic mass is 19.4. The second-order valence-electron chi connectivity index (χ2n) is 12.9. The highest BCUT2D eigenvalue weighted by molar-refractivity contribution is 6.03. The molecule has 2 saturated carbocycles.